The molecule has 0 aromatic carbocycles. The third-order valence-corrected chi connectivity index (χ3v) is 6.26. The van der Waals surface area contributed by atoms with Gasteiger partial charge < -0.3 is 0 Å². The Kier molecular flexibility index (Phi) is 3.09. The van der Waals surface area contributed by atoms with E-state index in [1.165, 1.54) is 10.6 Å². The minimum Gasteiger partial charge on any atom is -0.264 e. The van der Waals surface area contributed by atoms with Gasteiger partial charge in [0.05, 0.1) is 33.9 Å². The molecule has 0 saturated carbocycles. The van der Waals surface area contributed by atoms with Crippen molar-refractivity contribution in [2.75, 3.05) is 19.3 Å². The molecule has 1 saturated heterocycles. The van der Waals surface area contributed by atoms with E-state index in [0.29, 0.717) is 13.1 Å². The SMILES string of the molecule is CC1(n2cc(-c3ncnc4ccsc34)cn2)CN(S(C)(=O)=O)C1. The van der Waals surface area contributed by atoms with E-state index in [4.69, 9.17) is 0 Å². The van der Waals surface area contributed by atoms with Gasteiger partial charge in [0.1, 0.15) is 6.33 Å². The third-order valence-electron chi connectivity index (χ3n) is 4.16. The lowest BCUT2D eigenvalue weighted by Gasteiger charge is -2.46. The lowest BCUT2D eigenvalue weighted by Crippen LogP contribution is -2.62. The van der Waals surface area contributed by atoms with Gasteiger partial charge in [-0.05, 0) is 18.4 Å². The smallest absolute Gasteiger partial charge is 0.211 e. The van der Waals surface area contributed by atoms with Crippen LogP contribution < -0.4 is 0 Å². The van der Waals surface area contributed by atoms with E-state index < -0.39 is 10.0 Å². The van der Waals surface area contributed by atoms with Crippen molar-refractivity contribution in [3.63, 3.8) is 0 Å². The molecule has 9 heteroatoms. The van der Waals surface area contributed by atoms with E-state index in [1.54, 1.807) is 23.9 Å². The summed E-state index contributed by atoms with van der Waals surface area (Å²) in [4.78, 5) is 8.63. The van der Waals surface area contributed by atoms with Gasteiger partial charge in [0.15, 0.2) is 0 Å². The summed E-state index contributed by atoms with van der Waals surface area (Å²) >= 11 is 1.60. The summed E-state index contributed by atoms with van der Waals surface area (Å²) in [5.74, 6) is 0. The van der Waals surface area contributed by atoms with Crippen LogP contribution in [-0.4, -0.2) is 51.8 Å². The quantitative estimate of drug-likeness (QED) is 0.716. The van der Waals surface area contributed by atoms with Crippen LogP contribution >= 0.6 is 11.3 Å². The van der Waals surface area contributed by atoms with Crippen molar-refractivity contribution in [1.82, 2.24) is 24.1 Å². The molecule has 0 atom stereocenters. The van der Waals surface area contributed by atoms with Crippen LogP contribution in [0.2, 0.25) is 0 Å². The number of thiophene rings is 1. The zero-order valence-corrected chi connectivity index (χ0v) is 14.3. The Hall–Kier alpha value is -1.84. The molecule has 0 N–H and O–H groups in total. The standard InChI is InChI=1S/C14H15N5O2S2/c1-14(7-18(8-14)23(2,20)21)19-6-10(5-17-19)12-13-11(3-4-22-13)15-9-16-12/h3-6,9H,7-8H2,1-2H3. The molecule has 0 unspecified atom stereocenters. The van der Waals surface area contributed by atoms with Crippen molar-refractivity contribution < 1.29 is 8.42 Å². The molecule has 1 fully saturated rings. The monoisotopic (exact) mass is 349 g/mol. The number of fused-ring (bicyclic) bond motifs is 1. The summed E-state index contributed by atoms with van der Waals surface area (Å²) < 4.78 is 27.4. The molecule has 4 heterocycles. The fraction of sp³-hybridized carbons (Fsp3) is 0.357. The van der Waals surface area contributed by atoms with Gasteiger partial charge in [0.2, 0.25) is 10.0 Å². The zero-order chi connectivity index (χ0) is 16.2. The topological polar surface area (TPSA) is 81.0 Å². The van der Waals surface area contributed by atoms with Crippen LogP contribution in [0.15, 0.2) is 30.2 Å². The average molecular weight is 349 g/mol. The molecule has 3 aromatic heterocycles. The van der Waals surface area contributed by atoms with E-state index in [1.807, 2.05) is 29.2 Å². The number of nitrogens with zero attached hydrogens (tertiary/aromatic N) is 5. The van der Waals surface area contributed by atoms with Gasteiger partial charge in [-0.1, -0.05) is 0 Å². The minimum atomic E-state index is -3.14. The van der Waals surface area contributed by atoms with Gasteiger partial charge in [-0.25, -0.2) is 18.4 Å². The molecular formula is C14H15N5O2S2. The number of aromatic nitrogens is 4. The molecule has 0 bridgehead atoms. The first kappa shape index (κ1) is 14.7. The van der Waals surface area contributed by atoms with Crippen LogP contribution in [0.25, 0.3) is 21.5 Å². The predicted octanol–water partition coefficient (Wildman–Crippen LogP) is 1.55. The molecule has 0 spiro atoms. The fourth-order valence-electron chi connectivity index (χ4n) is 2.83. The molecule has 1 aliphatic rings. The summed E-state index contributed by atoms with van der Waals surface area (Å²) in [6.45, 7) is 2.88. The van der Waals surface area contributed by atoms with Crippen molar-refractivity contribution in [3.8, 4) is 11.3 Å². The van der Waals surface area contributed by atoms with Crippen LogP contribution in [-0.2, 0) is 15.6 Å². The summed E-state index contributed by atoms with van der Waals surface area (Å²) in [5, 5.41) is 6.42. The average Bonchev–Trinajstić information content (AvgIpc) is 3.11. The van der Waals surface area contributed by atoms with Crippen molar-refractivity contribution in [2.24, 2.45) is 0 Å². The van der Waals surface area contributed by atoms with E-state index in [0.717, 1.165) is 21.5 Å². The van der Waals surface area contributed by atoms with Gasteiger partial charge >= 0.3 is 0 Å². The summed E-state index contributed by atoms with van der Waals surface area (Å²) in [6, 6.07) is 1.97. The molecule has 7 nitrogen and oxygen atoms in total. The highest BCUT2D eigenvalue weighted by atomic mass is 32.2. The van der Waals surface area contributed by atoms with Crippen LogP contribution in [0.4, 0.5) is 0 Å². The fourth-order valence-corrected chi connectivity index (χ4v) is 4.71. The highest BCUT2D eigenvalue weighted by Gasteiger charge is 2.45. The van der Waals surface area contributed by atoms with Gasteiger partial charge in [0, 0.05) is 24.8 Å². The van der Waals surface area contributed by atoms with Crippen LogP contribution in [0.3, 0.4) is 0 Å². The second-order valence-corrected chi connectivity index (χ2v) is 8.96. The van der Waals surface area contributed by atoms with Crippen LogP contribution in [0.5, 0.6) is 0 Å². The first-order valence-electron chi connectivity index (χ1n) is 7.06. The van der Waals surface area contributed by atoms with E-state index >= 15 is 0 Å². The van der Waals surface area contributed by atoms with Crippen molar-refractivity contribution in [2.45, 2.75) is 12.5 Å². The lowest BCUT2D eigenvalue weighted by molar-refractivity contribution is 0.0871. The third kappa shape index (κ3) is 2.35. The first-order chi connectivity index (χ1) is 10.9. The van der Waals surface area contributed by atoms with Gasteiger partial charge in [-0.15, -0.1) is 11.3 Å². The van der Waals surface area contributed by atoms with E-state index in [9.17, 15) is 8.42 Å². The zero-order valence-electron chi connectivity index (χ0n) is 12.7. The Morgan fingerprint density at radius 1 is 1.30 bits per heavy atom. The van der Waals surface area contributed by atoms with Crippen molar-refractivity contribution in [3.05, 3.63) is 30.2 Å². The number of hydrogen-bond donors (Lipinski definition) is 0. The van der Waals surface area contributed by atoms with Crippen LogP contribution in [0, 0.1) is 0 Å². The number of sulfonamides is 1. The van der Waals surface area contributed by atoms with Crippen LogP contribution in [0.1, 0.15) is 6.92 Å². The maximum atomic E-state index is 11.6. The second kappa shape index (κ2) is 4.83. The molecule has 0 amide bonds. The van der Waals surface area contributed by atoms with E-state index in [-0.39, 0.29) is 5.54 Å². The lowest BCUT2D eigenvalue weighted by atomic mass is 9.95. The highest BCUT2D eigenvalue weighted by molar-refractivity contribution is 7.88. The molecule has 4 rings (SSSR count). The molecule has 1 aliphatic heterocycles. The number of hydrogen-bond acceptors (Lipinski definition) is 6. The molecule has 0 radical (unpaired) electrons. The highest BCUT2D eigenvalue weighted by Crippen LogP contribution is 2.33. The van der Waals surface area contributed by atoms with Gasteiger partial charge in [-0.3, -0.25) is 4.68 Å². The molecular weight excluding hydrogens is 334 g/mol. The molecule has 0 aliphatic carbocycles. The second-order valence-electron chi connectivity index (χ2n) is 6.06. The minimum absolute atomic E-state index is 0.317. The van der Waals surface area contributed by atoms with Crippen molar-refractivity contribution in [1.29, 1.82) is 0 Å². The van der Waals surface area contributed by atoms with E-state index in [2.05, 4.69) is 15.1 Å². The largest absolute Gasteiger partial charge is 0.264 e. The summed E-state index contributed by atoms with van der Waals surface area (Å²) in [5.41, 5.74) is 2.38. The van der Waals surface area contributed by atoms with Gasteiger partial charge in [0.25, 0.3) is 0 Å². The summed E-state index contributed by atoms with van der Waals surface area (Å²) in [7, 11) is -3.14. The normalized spacial score (nSPS) is 18.2. The Bertz CT molecular complexity index is 985. The predicted molar refractivity (Wildman–Crippen MR) is 88.7 cm³/mol. The first-order valence-corrected chi connectivity index (χ1v) is 9.78. The Balaban J connectivity index is 1.67. The Morgan fingerprint density at radius 3 is 2.83 bits per heavy atom. The van der Waals surface area contributed by atoms with Crippen molar-refractivity contribution >= 4 is 31.6 Å². The maximum Gasteiger partial charge on any atom is 0.211 e. The summed E-state index contributed by atoms with van der Waals surface area (Å²) in [6.07, 6.45) is 6.49. The molecule has 23 heavy (non-hydrogen) atoms. The molecule has 120 valence electrons. The maximum absolute atomic E-state index is 11.6. The molecule has 3 aromatic rings. The Morgan fingerprint density at radius 2 is 2.09 bits per heavy atom. The van der Waals surface area contributed by atoms with Gasteiger partial charge in [-0.2, -0.15) is 9.40 Å². The number of rotatable bonds is 3. The Labute approximate surface area is 137 Å².